The highest BCUT2D eigenvalue weighted by atomic mass is 19.1. The van der Waals surface area contributed by atoms with Crippen LogP contribution >= 0.6 is 0 Å². The summed E-state index contributed by atoms with van der Waals surface area (Å²) in [5, 5.41) is 24.8. The zero-order valence-electron chi connectivity index (χ0n) is 34.6. The highest BCUT2D eigenvalue weighted by Gasteiger charge is 2.69. The lowest BCUT2D eigenvalue weighted by Crippen LogP contribution is -2.78. The molecule has 1 saturated carbocycles. The fraction of sp³-hybridized carbons (Fsp3) is 0.444. The number of nitrogens with zero attached hydrogens (tertiary/aromatic N) is 8. The largest absolute Gasteiger partial charge is 0.488 e. The van der Waals surface area contributed by atoms with E-state index < -0.39 is 46.3 Å². The molecule has 4 fully saturated rings. The van der Waals surface area contributed by atoms with Crippen LogP contribution in [0.3, 0.4) is 0 Å². The number of carbonyl (C=O) groups excluding carboxylic acids is 5. The molecule has 7 heterocycles. The molecule has 318 valence electrons. The van der Waals surface area contributed by atoms with Gasteiger partial charge in [0, 0.05) is 69.2 Å². The number of benzene rings is 2. The lowest BCUT2D eigenvalue weighted by Gasteiger charge is -2.66. The van der Waals surface area contributed by atoms with Crippen molar-refractivity contribution in [2.45, 2.75) is 70.1 Å². The van der Waals surface area contributed by atoms with Crippen LogP contribution in [0.4, 0.5) is 15.9 Å². The van der Waals surface area contributed by atoms with Crippen molar-refractivity contribution in [1.29, 1.82) is 5.26 Å². The van der Waals surface area contributed by atoms with Gasteiger partial charge in [0.1, 0.15) is 29.8 Å². The van der Waals surface area contributed by atoms with Crippen LogP contribution in [0.5, 0.6) is 5.75 Å². The molecule has 2 aromatic carbocycles. The third-order valence-corrected chi connectivity index (χ3v) is 14.2. The van der Waals surface area contributed by atoms with Gasteiger partial charge in [0.25, 0.3) is 17.7 Å². The fourth-order valence-electron chi connectivity index (χ4n) is 11.1. The number of hydrogen-bond donors (Lipinski definition) is 2. The van der Waals surface area contributed by atoms with Gasteiger partial charge in [0.2, 0.25) is 11.8 Å². The molecule has 3 unspecified atom stereocenters. The van der Waals surface area contributed by atoms with Crippen LogP contribution in [0, 0.1) is 28.5 Å². The summed E-state index contributed by atoms with van der Waals surface area (Å²) >= 11 is 0. The van der Waals surface area contributed by atoms with Crippen molar-refractivity contribution in [3.05, 3.63) is 82.4 Å². The second-order valence-electron chi connectivity index (χ2n) is 18.1. The molecule has 0 spiro atoms. The van der Waals surface area contributed by atoms with Crippen molar-refractivity contribution >= 4 is 51.9 Å². The Morgan fingerprint density at radius 1 is 0.935 bits per heavy atom. The number of piperidine rings is 2. The third kappa shape index (κ3) is 6.09. The first-order chi connectivity index (χ1) is 29.8. The molecule has 5 amide bonds. The molecule has 4 atom stereocenters. The molecule has 10 rings (SSSR count). The van der Waals surface area contributed by atoms with Gasteiger partial charge in [-0.1, -0.05) is 13.8 Å². The number of aromatic nitrogens is 3. The topological polar surface area (TPSA) is 194 Å². The lowest BCUT2D eigenvalue weighted by molar-refractivity contribution is -0.136. The summed E-state index contributed by atoms with van der Waals surface area (Å²) in [5.41, 5.74) is 1.55. The summed E-state index contributed by atoms with van der Waals surface area (Å²) in [5.74, 6) is -1.61. The summed E-state index contributed by atoms with van der Waals surface area (Å²) in [4.78, 5) is 76.1. The first-order valence-corrected chi connectivity index (χ1v) is 21.2. The van der Waals surface area contributed by atoms with Crippen LogP contribution in [0.15, 0.2) is 48.7 Å². The number of carbonyl (C=O) groups is 5. The average molecular weight is 841 g/mol. The Balaban J connectivity index is 0.726. The summed E-state index contributed by atoms with van der Waals surface area (Å²) in [6.45, 7) is 11.2. The Kier molecular flexibility index (Phi) is 9.28. The van der Waals surface area contributed by atoms with Gasteiger partial charge in [-0.05, 0) is 80.1 Å². The minimum atomic E-state index is -1.11. The Bertz CT molecular complexity index is 2630. The van der Waals surface area contributed by atoms with E-state index in [1.807, 2.05) is 23.1 Å². The molecule has 5 aliphatic heterocycles. The Labute approximate surface area is 356 Å². The number of nitriles is 1. The molecule has 0 bridgehead atoms. The molecule has 0 radical (unpaired) electrons. The van der Waals surface area contributed by atoms with E-state index in [9.17, 15) is 29.2 Å². The first kappa shape index (κ1) is 39.6. The maximum atomic E-state index is 15.5. The van der Waals surface area contributed by atoms with Gasteiger partial charge < -0.3 is 19.9 Å². The van der Waals surface area contributed by atoms with E-state index in [1.165, 1.54) is 6.07 Å². The third-order valence-electron chi connectivity index (χ3n) is 14.2. The highest BCUT2D eigenvalue weighted by Crippen LogP contribution is 2.61. The molecule has 62 heavy (non-hydrogen) atoms. The number of rotatable bonds is 7. The van der Waals surface area contributed by atoms with Crippen molar-refractivity contribution in [2.75, 3.05) is 55.6 Å². The lowest BCUT2D eigenvalue weighted by atomic mass is 9.45. The van der Waals surface area contributed by atoms with Gasteiger partial charge in [0.15, 0.2) is 11.5 Å². The summed E-state index contributed by atoms with van der Waals surface area (Å²) in [6, 6.07) is 12.4. The molecule has 16 nitrogen and oxygen atoms in total. The molecule has 17 heteroatoms. The zero-order chi connectivity index (χ0) is 43.2. The van der Waals surface area contributed by atoms with Crippen molar-refractivity contribution in [3.63, 3.8) is 0 Å². The number of nitrogens with one attached hydrogen (secondary N) is 2. The molecular formula is C45H45FN10O6. The highest BCUT2D eigenvalue weighted by molar-refractivity contribution is 6.23. The number of hydrogen-bond acceptors (Lipinski definition) is 13. The summed E-state index contributed by atoms with van der Waals surface area (Å²) in [7, 11) is 0. The molecule has 2 aromatic heterocycles. The average Bonchev–Trinajstić information content (AvgIpc) is 3.51. The molecule has 6 aliphatic rings. The van der Waals surface area contributed by atoms with Gasteiger partial charge in [-0.15, -0.1) is 10.2 Å². The van der Waals surface area contributed by atoms with Crippen LogP contribution in [-0.4, -0.2) is 119 Å². The van der Waals surface area contributed by atoms with Gasteiger partial charge in [-0.25, -0.2) is 4.39 Å². The van der Waals surface area contributed by atoms with Gasteiger partial charge in [-0.2, -0.15) is 5.26 Å². The standard InChI is InChI=1S/C45H45FN10O6/c1-44(2)42(45(3)28-10-13-48-37-25(22-47)4-7-33(36(28)37)62-43(44)45)50-38(58)30-5-8-34(52-51-30)55-14-11-24(12-15-55)23-53-16-18-54(19-17-53)32-21-27-26(20-29(32)46)40(60)56(41(27)61)31-6-9-35(57)49-39(31)59/h4-5,7-8,10,13,20-21,24,31,42-43H,6,9,11-12,14-19,23H2,1-3H3,(H,50,58)(H,49,57,59)/t31?,42?,43-,45?/m0/s1. The van der Waals surface area contributed by atoms with E-state index in [0.29, 0.717) is 54.7 Å². The minimum Gasteiger partial charge on any atom is -0.488 e. The van der Waals surface area contributed by atoms with Crippen LogP contribution in [0.1, 0.15) is 88.8 Å². The monoisotopic (exact) mass is 840 g/mol. The maximum absolute atomic E-state index is 15.5. The predicted octanol–water partition coefficient (Wildman–Crippen LogP) is 3.33. The van der Waals surface area contributed by atoms with Crippen LogP contribution in [-0.2, 0) is 15.0 Å². The number of fused-ring (bicyclic) bond motifs is 3. The number of piperazine rings is 1. The van der Waals surface area contributed by atoms with Crippen molar-refractivity contribution in [1.82, 2.24) is 35.6 Å². The Hall–Kier alpha value is -6.54. The molecule has 4 aromatic rings. The SMILES string of the molecule is CC1(C)C(NC(=O)c2ccc(N3CCC(CN4CCN(c5cc6c(cc5F)C(=O)N(C5CCC(=O)NC5=O)C6=O)CC4)CC3)nn2)C2(C)c3ccnc4c(C#N)ccc(c34)O[C@@H]12. The van der Waals surface area contributed by atoms with E-state index in [4.69, 9.17) is 4.74 Å². The first-order valence-electron chi connectivity index (χ1n) is 21.2. The molecular weight excluding hydrogens is 796 g/mol. The Morgan fingerprint density at radius 3 is 2.37 bits per heavy atom. The van der Waals surface area contributed by atoms with Gasteiger partial charge in [0.05, 0.1) is 39.4 Å². The fourth-order valence-corrected chi connectivity index (χ4v) is 11.1. The molecule has 3 saturated heterocycles. The smallest absolute Gasteiger partial charge is 0.272 e. The molecule has 1 aliphatic carbocycles. The number of imide groups is 2. The Morgan fingerprint density at radius 2 is 1.68 bits per heavy atom. The number of pyridine rings is 1. The summed E-state index contributed by atoms with van der Waals surface area (Å²) < 4.78 is 22.0. The number of anilines is 2. The number of ether oxygens (including phenoxy) is 1. The van der Waals surface area contributed by atoms with E-state index >= 15 is 4.39 Å². The van der Waals surface area contributed by atoms with E-state index in [1.54, 1.807) is 18.3 Å². The second kappa shape index (κ2) is 14.5. The predicted molar refractivity (Wildman–Crippen MR) is 222 cm³/mol. The quantitative estimate of drug-likeness (QED) is 0.258. The van der Waals surface area contributed by atoms with Gasteiger partial charge in [-0.3, -0.25) is 44.1 Å². The van der Waals surface area contributed by atoms with Crippen molar-refractivity contribution in [3.8, 4) is 11.8 Å². The summed E-state index contributed by atoms with van der Waals surface area (Å²) in [6.07, 6.45) is 3.44. The zero-order valence-corrected chi connectivity index (χ0v) is 34.6. The van der Waals surface area contributed by atoms with Crippen LogP contribution < -0.4 is 25.2 Å². The van der Waals surface area contributed by atoms with E-state index in [0.717, 1.165) is 54.4 Å². The number of amides is 5. The van der Waals surface area contributed by atoms with Crippen molar-refractivity contribution < 1.29 is 33.1 Å². The van der Waals surface area contributed by atoms with Gasteiger partial charge >= 0.3 is 0 Å². The normalized spacial score (nSPS) is 25.7. The van der Waals surface area contributed by atoms with E-state index in [2.05, 4.69) is 62.5 Å². The van der Waals surface area contributed by atoms with Crippen molar-refractivity contribution in [2.24, 2.45) is 11.3 Å². The second-order valence-corrected chi connectivity index (χ2v) is 18.1. The van der Waals surface area contributed by atoms with Crippen LogP contribution in [0.2, 0.25) is 0 Å². The molecule has 2 N–H and O–H groups in total. The van der Waals surface area contributed by atoms with Crippen LogP contribution in [0.25, 0.3) is 10.9 Å². The maximum Gasteiger partial charge on any atom is 0.272 e. The minimum absolute atomic E-state index is 0.00959. The van der Waals surface area contributed by atoms with E-state index in [-0.39, 0.29) is 53.4 Å². The number of halogens is 1.